The number of benzene rings is 1. The highest BCUT2D eigenvalue weighted by atomic mass is 32.2. The quantitative estimate of drug-likeness (QED) is 0.938. The van der Waals surface area contributed by atoms with Crippen molar-refractivity contribution in [3.63, 3.8) is 0 Å². The van der Waals surface area contributed by atoms with Crippen LogP contribution >= 0.6 is 11.8 Å². The number of carbonyl (C=O) groups is 2. The van der Waals surface area contributed by atoms with E-state index in [0.29, 0.717) is 11.5 Å². The third-order valence-electron chi connectivity index (χ3n) is 3.56. The average Bonchev–Trinajstić information content (AvgIpc) is 3.17. The van der Waals surface area contributed by atoms with Crippen LogP contribution in [-0.2, 0) is 16.0 Å². The molecule has 1 N–H and O–H groups in total. The number of rotatable bonds is 4. The summed E-state index contributed by atoms with van der Waals surface area (Å²) in [5.74, 6) is -0.218. The van der Waals surface area contributed by atoms with Gasteiger partial charge in [-0.25, -0.2) is 4.79 Å². The lowest BCUT2D eigenvalue weighted by atomic mass is 10.1. The second-order valence-corrected chi connectivity index (χ2v) is 6.13. The van der Waals surface area contributed by atoms with Gasteiger partial charge in [-0.1, -0.05) is 30.3 Å². The van der Waals surface area contributed by atoms with Gasteiger partial charge >= 0.3 is 5.97 Å². The molecular weight excluding hydrogens is 302 g/mol. The molecule has 1 aliphatic rings. The summed E-state index contributed by atoms with van der Waals surface area (Å²) in [6, 6.07) is 12.0. The van der Waals surface area contributed by atoms with Crippen molar-refractivity contribution in [1.82, 2.24) is 4.90 Å². The lowest BCUT2D eigenvalue weighted by molar-refractivity contribution is -0.149. The van der Waals surface area contributed by atoms with E-state index in [2.05, 4.69) is 0 Å². The molecule has 0 aliphatic carbocycles. The minimum Gasteiger partial charge on any atom is -0.480 e. The fourth-order valence-corrected chi connectivity index (χ4v) is 3.91. The van der Waals surface area contributed by atoms with Gasteiger partial charge in [0.1, 0.15) is 17.2 Å². The zero-order chi connectivity index (χ0) is 15.5. The summed E-state index contributed by atoms with van der Waals surface area (Å²) in [5.41, 5.74) is 0.867. The number of hydrogen-bond acceptors (Lipinski definition) is 4. The van der Waals surface area contributed by atoms with Gasteiger partial charge in [0.05, 0.1) is 12.7 Å². The number of aliphatic carboxylic acids is 1. The van der Waals surface area contributed by atoms with E-state index < -0.39 is 12.0 Å². The van der Waals surface area contributed by atoms with Gasteiger partial charge in [-0.05, 0) is 17.7 Å². The number of carbonyl (C=O) groups excluding carboxylic acids is 1. The molecule has 0 bridgehead atoms. The molecule has 1 amide bonds. The second-order valence-electron chi connectivity index (χ2n) is 5.02. The molecule has 6 heteroatoms. The van der Waals surface area contributed by atoms with E-state index in [1.54, 1.807) is 12.1 Å². The summed E-state index contributed by atoms with van der Waals surface area (Å²) in [6.07, 6.45) is 1.71. The molecule has 2 heterocycles. The molecule has 114 valence electrons. The molecule has 1 saturated heterocycles. The summed E-state index contributed by atoms with van der Waals surface area (Å²) in [5, 5.41) is 8.99. The summed E-state index contributed by atoms with van der Waals surface area (Å²) >= 11 is 1.41. The Balaban J connectivity index is 1.85. The third-order valence-corrected chi connectivity index (χ3v) is 4.84. The Hall–Kier alpha value is -2.21. The molecule has 1 aliphatic heterocycles. The first-order valence-electron chi connectivity index (χ1n) is 6.89. The third kappa shape index (κ3) is 2.87. The summed E-state index contributed by atoms with van der Waals surface area (Å²) < 4.78 is 5.37. The van der Waals surface area contributed by atoms with Gasteiger partial charge in [0.2, 0.25) is 5.91 Å². The van der Waals surface area contributed by atoms with Gasteiger partial charge in [-0.15, -0.1) is 11.8 Å². The predicted octanol–water partition coefficient (Wildman–Crippen LogP) is 2.55. The smallest absolute Gasteiger partial charge is 0.327 e. The normalized spacial score (nSPS) is 21.0. The van der Waals surface area contributed by atoms with Crippen molar-refractivity contribution in [2.75, 3.05) is 5.75 Å². The maximum Gasteiger partial charge on any atom is 0.327 e. The van der Waals surface area contributed by atoms with Crippen LogP contribution in [-0.4, -0.2) is 33.7 Å². The SMILES string of the molecule is O=C(O)[C@@H]1CSC(c2ccco2)N1C(=O)Cc1ccccc1. The highest BCUT2D eigenvalue weighted by molar-refractivity contribution is 7.99. The number of nitrogens with zero attached hydrogens (tertiary/aromatic N) is 1. The fraction of sp³-hybridized carbons (Fsp3) is 0.250. The van der Waals surface area contributed by atoms with Crippen LogP contribution in [0.1, 0.15) is 16.7 Å². The van der Waals surface area contributed by atoms with E-state index in [1.807, 2.05) is 30.3 Å². The zero-order valence-electron chi connectivity index (χ0n) is 11.7. The van der Waals surface area contributed by atoms with Crippen LogP contribution < -0.4 is 0 Å². The Morgan fingerprint density at radius 2 is 2.00 bits per heavy atom. The van der Waals surface area contributed by atoms with Crippen LogP contribution in [0, 0.1) is 0 Å². The first-order chi connectivity index (χ1) is 10.7. The summed E-state index contributed by atoms with van der Waals surface area (Å²) in [6.45, 7) is 0. The molecule has 0 spiro atoms. The maximum absolute atomic E-state index is 12.6. The van der Waals surface area contributed by atoms with E-state index >= 15 is 0 Å². The lowest BCUT2D eigenvalue weighted by Gasteiger charge is -2.26. The molecule has 2 atom stereocenters. The van der Waals surface area contributed by atoms with Crippen molar-refractivity contribution in [3.05, 3.63) is 60.1 Å². The van der Waals surface area contributed by atoms with Gasteiger partial charge in [0.25, 0.3) is 0 Å². The molecule has 1 fully saturated rings. The Labute approximate surface area is 131 Å². The monoisotopic (exact) mass is 317 g/mol. The Bertz CT molecular complexity index is 656. The van der Waals surface area contributed by atoms with E-state index in [-0.39, 0.29) is 17.7 Å². The molecule has 5 nitrogen and oxygen atoms in total. The summed E-state index contributed by atoms with van der Waals surface area (Å²) in [4.78, 5) is 25.5. The van der Waals surface area contributed by atoms with Crippen LogP contribution in [0.15, 0.2) is 53.1 Å². The topological polar surface area (TPSA) is 70.8 Å². The van der Waals surface area contributed by atoms with E-state index in [0.717, 1.165) is 5.56 Å². The Kier molecular flexibility index (Phi) is 4.20. The number of thioether (sulfide) groups is 1. The van der Waals surface area contributed by atoms with Crippen molar-refractivity contribution in [1.29, 1.82) is 0 Å². The fourth-order valence-electron chi connectivity index (χ4n) is 2.51. The van der Waals surface area contributed by atoms with Crippen LogP contribution in [0.2, 0.25) is 0 Å². The minimum atomic E-state index is -0.983. The molecule has 0 radical (unpaired) electrons. The van der Waals surface area contributed by atoms with Gasteiger partial charge in [0, 0.05) is 5.75 Å². The van der Waals surface area contributed by atoms with Crippen molar-refractivity contribution in [2.24, 2.45) is 0 Å². The first kappa shape index (κ1) is 14.7. The zero-order valence-corrected chi connectivity index (χ0v) is 12.5. The predicted molar refractivity (Wildman–Crippen MR) is 82.3 cm³/mol. The minimum absolute atomic E-state index is 0.183. The van der Waals surface area contributed by atoms with Gasteiger partial charge < -0.3 is 14.4 Å². The molecular formula is C16H15NO4S. The molecule has 2 aromatic rings. The molecule has 1 aromatic carbocycles. The number of furan rings is 1. The van der Waals surface area contributed by atoms with Gasteiger partial charge in [0.15, 0.2) is 0 Å². The van der Waals surface area contributed by atoms with Crippen molar-refractivity contribution < 1.29 is 19.1 Å². The van der Waals surface area contributed by atoms with Crippen LogP contribution in [0.4, 0.5) is 0 Å². The van der Waals surface area contributed by atoms with Crippen molar-refractivity contribution in [3.8, 4) is 0 Å². The van der Waals surface area contributed by atoms with Crippen molar-refractivity contribution >= 4 is 23.6 Å². The second kappa shape index (κ2) is 6.27. The number of hydrogen-bond donors (Lipinski definition) is 1. The van der Waals surface area contributed by atoms with Gasteiger partial charge in [-0.2, -0.15) is 0 Å². The number of carboxylic acid groups (broad SMARTS) is 1. The number of amides is 1. The Morgan fingerprint density at radius 3 is 2.64 bits per heavy atom. The average molecular weight is 317 g/mol. The van der Waals surface area contributed by atoms with E-state index in [1.165, 1.54) is 22.9 Å². The number of carboxylic acids is 1. The largest absolute Gasteiger partial charge is 0.480 e. The lowest BCUT2D eigenvalue weighted by Crippen LogP contribution is -2.43. The van der Waals surface area contributed by atoms with Crippen LogP contribution in [0.25, 0.3) is 0 Å². The Morgan fingerprint density at radius 1 is 1.23 bits per heavy atom. The van der Waals surface area contributed by atoms with E-state index in [9.17, 15) is 14.7 Å². The van der Waals surface area contributed by atoms with Crippen LogP contribution in [0.3, 0.4) is 0 Å². The summed E-state index contributed by atoms with van der Waals surface area (Å²) in [7, 11) is 0. The first-order valence-corrected chi connectivity index (χ1v) is 7.94. The molecule has 22 heavy (non-hydrogen) atoms. The van der Waals surface area contributed by atoms with Crippen LogP contribution in [0.5, 0.6) is 0 Å². The van der Waals surface area contributed by atoms with Gasteiger partial charge in [-0.3, -0.25) is 4.79 Å². The highest BCUT2D eigenvalue weighted by Gasteiger charge is 2.43. The standard InChI is InChI=1S/C16H15NO4S/c18-14(9-11-5-2-1-3-6-11)17-12(16(19)20)10-22-15(17)13-7-4-8-21-13/h1-8,12,15H,9-10H2,(H,19,20)/t12-,15?/m0/s1. The molecule has 1 unspecified atom stereocenters. The molecule has 1 aromatic heterocycles. The van der Waals surface area contributed by atoms with Crippen molar-refractivity contribution in [2.45, 2.75) is 17.8 Å². The van der Waals surface area contributed by atoms with E-state index in [4.69, 9.17) is 4.42 Å². The molecule has 3 rings (SSSR count). The highest BCUT2D eigenvalue weighted by Crippen LogP contribution is 2.41. The molecule has 0 saturated carbocycles. The maximum atomic E-state index is 12.6.